The van der Waals surface area contributed by atoms with Crippen LogP contribution in [0.5, 0.6) is 0 Å². The van der Waals surface area contributed by atoms with Gasteiger partial charge in [0, 0.05) is 6.07 Å². The van der Waals surface area contributed by atoms with Crippen LogP contribution in [0.3, 0.4) is 0 Å². The molecule has 3 rings (SSSR count). The van der Waals surface area contributed by atoms with Crippen LogP contribution in [0, 0.1) is 10.1 Å². The van der Waals surface area contributed by atoms with E-state index in [1.54, 1.807) is 24.3 Å². The van der Waals surface area contributed by atoms with Crippen molar-refractivity contribution in [2.75, 3.05) is 5.32 Å². The molecule has 148 valence electrons. The largest absolute Gasteiger partial charge is 0.451 e. The Hall–Kier alpha value is -4.08. The average molecular weight is 396 g/mol. The van der Waals surface area contributed by atoms with E-state index in [1.807, 2.05) is 0 Å². The topological polar surface area (TPSA) is 133 Å². The van der Waals surface area contributed by atoms with Gasteiger partial charge in [-0.15, -0.1) is 0 Å². The average Bonchev–Trinajstić information content (AvgIpc) is 2.70. The summed E-state index contributed by atoms with van der Waals surface area (Å²) in [7, 11) is 0. The van der Waals surface area contributed by atoms with Crippen LogP contribution >= 0.6 is 0 Å². The fraction of sp³-hybridized carbons (Fsp3) is 0.158. The van der Waals surface area contributed by atoms with E-state index in [4.69, 9.17) is 4.74 Å². The molecule has 0 bridgehead atoms. The number of amides is 1. The Morgan fingerprint density at radius 2 is 1.90 bits per heavy atom. The zero-order valence-electron chi connectivity index (χ0n) is 15.3. The van der Waals surface area contributed by atoms with Crippen molar-refractivity contribution < 1.29 is 19.2 Å². The van der Waals surface area contributed by atoms with Crippen molar-refractivity contribution in [2.45, 2.75) is 19.6 Å². The van der Waals surface area contributed by atoms with Crippen LogP contribution in [-0.2, 0) is 20.9 Å². The highest BCUT2D eigenvalue weighted by Gasteiger charge is 2.22. The second kappa shape index (κ2) is 8.30. The molecule has 10 heteroatoms. The first-order valence-corrected chi connectivity index (χ1v) is 8.55. The van der Waals surface area contributed by atoms with Crippen molar-refractivity contribution in [1.29, 1.82) is 0 Å². The Balaban J connectivity index is 1.66. The van der Waals surface area contributed by atoms with Crippen molar-refractivity contribution in [3.63, 3.8) is 0 Å². The Morgan fingerprint density at radius 1 is 1.21 bits per heavy atom. The molecule has 1 heterocycles. The molecular formula is C19H16N4O6. The monoisotopic (exact) mass is 396 g/mol. The van der Waals surface area contributed by atoms with Gasteiger partial charge in [-0.2, -0.15) is 0 Å². The fourth-order valence-electron chi connectivity index (χ4n) is 2.62. The number of nitrogens with zero attached hydrogens (tertiary/aromatic N) is 3. The number of carbonyl (C=O) groups excluding carboxylic acids is 2. The molecule has 2 aromatic carbocycles. The lowest BCUT2D eigenvalue weighted by Crippen LogP contribution is -2.33. The van der Waals surface area contributed by atoms with Crippen LogP contribution in [0.2, 0.25) is 0 Å². The van der Waals surface area contributed by atoms with E-state index in [9.17, 15) is 24.5 Å². The van der Waals surface area contributed by atoms with Crippen LogP contribution in [0.15, 0.2) is 59.7 Å². The minimum atomic E-state index is -1.23. The Bertz CT molecular complexity index is 1160. The van der Waals surface area contributed by atoms with Gasteiger partial charge in [0.2, 0.25) is 0 Å². The Labute approximate surface area is 163 Å². The summed E-state index contributed by atoms with van der Waals surface area (Å²) in [5, 5.41) is 13.7. The number of anilines is 1. The van der Waals surface area contributed by atoms with Gasteiger partial charge in [0.15, 0.2) is 6.10 Å². The molecule has 10 nitrogen and oxygen atoms in total. The number of nitro groups is 1. The van der Waals surface area contributed by atoms with E-state index in [-0.39, 0.29) is 11.4 Å². The van der Waals surface area contributed by atoms with Crippen LogP contribution < -0.4 is 10.9 Å². The molecule has 0 fully saturated rings. The molecule has 29 heavy (non-hydrogen) atoms. The number of hydrogen-bond acceptors (Lipinski definition) is 7. The smallest absolute Gasteiger partial charge is 0.326 e. The molecular weight excluding hydrogens is 380 g/mol. The summed E-state index contributed by atoms with van der Waals surface area (Å²) in [4.78, 5) is 51.2. The lowest BCUT2D eigenvalue weighted by molar-refractivity contribution is -0.383. The van der Waals surface area contributed by atoms with Gasteiger partial charge in [-0.3, -0.25) is 29.1 Å². The van der Waals surface area contributed by atoms with Gasteiger partial charge in [-0.25, -0.2) is 4.98 Å². The predicted molar refractivity (Wildman–Crippen MR) is 103 cm³/mol. The van der Waals surface area contributed by atoms with Gasteiger partial charge >= 0.3 is 5.97 Å². The van der Waals surface area contributed by atoms with Gasteiger partial charge in [0.25, 0.3) is 17.2 Å². The lowest BCUT2D eigenvalue weighted by atomic mass is 10.2. The first-order valence-electron chi connectivity index (χ1n) is 8.55. The molecule has 1 atom stereocenters. The summed E-state index contributed by atoms with van der Waals surface area (Å²) < 4.78 is 6.13. The molecule has 1 amide bonds. The summed E-state index contributed by atoms with van der Waals surface area (Å²) in [5.41, 5.74) is -0.211. The maximum absolute atomic E-state index is 12.4. The number of fused-ring (bicyclic) bond motifs is 1. The van der Waals surface area contributed by atoms with E-state index in [2.05, 4.69) is 10.3 Å². The number of nitro benzene ring substituents is 1. The van der Waals surface area contributed by atoms with Gasteiger partial charge in [-0.1, -0.05) is 24.3 Å². The highest BCUT2D eigenvalue weighted by molar-refractivity contribution is 5.96. The number of ether oxygens (including phenoxy) is 1. The van der Waals surface area contributed by atoms with E-state index in [0.29, 0.717) is 10.9 Å². The number of hydrogen-bond donors (Lipinski definition) is 1. The summed E-state index contributed by atoms with van der Waals surface area (Å²) in [6.45, 7) is 0.892. The van der Waals surface area contributed by atoms with Crippen LogP contribution in [0.25, 0.3) is 10.9 Å². The highest BCUT2D eigenvalue weighted by atomic mass is 16.6. The zero-order chi connectivity index (χ0) is 21.0. The lowest BCUT2D eigenvalue weighted by Gasteiger charge is -2.14. The normalized spacial score (nSPS) is 11.6. The second-order valence-electron chi connectivity index (χ2n) is 6.09. The van der Waals surface area contributed by atoms with Crippen LogP contribution in [0.4, 0.5) is 11.4 Å². The van der Waals surface area contributed by atoms with Gasteiger partial charge < -0.3 is 10.1 Å². The van der Waals surface area contributed by atoms with Crippen molar-refractivity contribution in [2.24, 2.45) is 0 Å². The maximum atomic E-state index is 12.4. The number of aromatic nitrogens is 2. The quantitative estimate of drug-likeness (QED) is 0.382. The molecule has 0 aliphatic heterocycles. The highest BCUT2D eigenvalue weighted by Crippen LogP contribution is 2.23. The van der Waals surface area contributed by atoms with Crippen molar-refractivity contribution >= 4 is 34.2 Å². The summed E-state index contributed by atoms with van der Waals surface area (Å²) in [6, 6.07) is 12.3. The minimum Gasteiger partial charge on any atom is -0.451 e. The van der Waals surface area contributed by atoms with Gasteiger partial charge in [0.1, 0.15) is 12.2 Å². The van der Waals surface area contributed by atoms with E-state index in [1.165, 1.54) is 37.5 Å². The molecule has 1 N–H and O–H groups in total. The van der Waals surface area contributed by atoms with Gasteiger partial charge in [-0.05, 0) is 25.1 Å². The SMILES string of the molecule is C[C@H](OC(=O)Cn1cnc2ccccc2c1=O)C(=O)Nc1ccccc1[N+](=O)[O-]. The maximum Gasteiger partial charge on any atom is 0.326 e. The number of para-hydroxylation sites is 3. The first-order chi connectivity index (χ1) is 13.9. The molecule has 0 saturated carbocycles. The molecule has 0 saturated heterocycles. The number of rotatable bonds is 6. The summed E-state index contributed by atoms with van der Waals surface area (Å²) >= 11 is 0. The van der Waals surface area contributed by atoms with Crippen molar-refractivity contribution in [3.05, 3.63) is 75.3 Å². The molecule has 0 aliphatic carbocycles. The van der Waals surface area contributed by atoms with Crippen LogP contribution in [-0.4, -0.2) is 32.5 Å². The standard InChI is InChI=1S/C19H16N4O6/c1-12(18(25)21-15-8-4-5-9-16(15)23(27)28)29-17(24)10-22-11-20-14-7-3-2-6-13(14)19(22)26/h2-9,11-12H,10H2,1H3,(H,21,25)/t12-/m0/s1. The van der Waals surface area contributed by atoms with E-state index >= 15 is 0 Å². The third-order valence-electron chi connectivity index (χ3n) is 4.07. The minimum absolute atomic E-state index is 0.0136. The molecule has 0 unspecified atom stereocenters. The molecule has 3 aromatic rings. The predicted octanol–water partition coefficient (Wildman–Crippen LogP) is 1.88. The molecule has 1 aromatic heterocycles. The Kier molecular flexibility index (Phi) is 5.63. The van der Waals surface area contributed by atoms with Crippen LogP contribution in [0.1, 0.15) is 6.92 Å². The van der Waals surface area contributed by atoms with Crippen molar-refractivity contribution in [1.82, 2.24) is 9.55 Å². The van der Waals surface area contributed by atoms with E-state index in [0.717, 1.165) is 4.57 Å². The molecule has 0 aliphatic rings. The molecule has 0 spiro atoms. The number of nitrogens with one attached hydrogen (secondary N) is 1. The summed E-state index contributed by atoms with van der Waals surface area (Å²) in [6.07, 6.45) is -0.00398. The number of benzene rings is 2. The number of carbonyl (C=O) groups is 2. The molecule has 0 radical (unpaired) electrons. The van der Waals surface area contributed by atoms with Gasteiger partial charge in [0.05, 0.1) is 22.2 Å². The number of esters is 1. The third-order valence-corrected chi connectivity index (χ3v) is 4.07. The van der Waals surface area contributed by atoms with E-state index < -0.39 is 35.0 Å². The second-order valence-corrected chi connectivity index (χ2v) is 6.09. The first kappa shape index (κ1) is 19.7. The Morgan fingerprint density at radius 3 is 2.66 bits per heavy atom. The zero-order valence-corrected chi connectivity index (χ0v) is 15.3. The summed E-state index contributed by atoms with van der Waals surface area (Å²) in [5.74, 6) is -1.56. The van der Waals surface area contributed by atoms with Crippen molar-refractivity contribution in [3.8, 4) is 0 Å². The fourth-order valence-corrected chi connectivity index (χ4v) is 2.62. The third kappa shape index (κ3) is 4.43.